The third kappa shape index (κ3) is 3.55. The van der Waals surface area contributed by atoms with E-state index in [2.05, 4.69) is 10.2 Å². The summed E-state index contributed by atoms with van der Waals surface area (Å²) in [6, 6.07) is 10.7. The number of nitrogens with two attached hydrogens (primary N) is 1. The highest BCUT2D eigenvalue weighted by Gasteiger charge is 2.65. The van der Waals surface area contributed by atoms with Crippen LogP contribution < -0.4 is 10.5 Å². The summed E-state index contributed by atoms with van der Waals surface area (Å²) in [4.78, 5) is 11.7. The first-order chi connectivity index (χ1) is 12.6. The van der Waals surface area contributed by atoms with E-state index in [1.165, 1.54) is 0 Å². The number of sulfonamides is 1. The third-order valence-corrected chi connectivity index (χ3v) is 5.30. The summed E-state index contributed by atoms with van der Waals surface area (Å²) in [6.45, 7) is 0. The molecule has 1 heterocycles. The van der Waals surface area contributed by atoms with E-state index < -0.39 is 38.7 Å². The van der Waals surface area contributed by atoms with Crippen molar-refractivity contribution in [1.82, 2.24) is 4.72 Å². The molecule has 0 fully saturated rings. The molecule has 3 N–H and O–H groups in total. The van der Waals surface area contributed by atoms with Gasteiger partial charge < -0.3 is 5.73 Å². The Bertz CT molecular complexity index is 984. The summed E-state index contributed by atoms with van der Waals surface area (Å²) in [5.74, 6) is -0.968. The number of hydrogen-bond acceptors (Lipinski definition) is 6. The van der Waals surface area contributed by atoms with Crippen LogP contribution in [0.3, 0.4) is 0 Å². The van der Waals surface area contributed by atoms with Gasteiger partial charge in [0.2, 0.25) is 0 Å². The molecule has 0 aliphatic carbocycles. The Morgan fingerprint density at radius 1 is 1.04 bits per heavy atom. The molecule has 0 spiro atoms. The van der Waals surface area contributed by atoms with Crippen molar-refractivity contribution in [3.63, 3.8) is 0 Å². The fraction of sp³-hybridized carbons (Fsp3) is 0.188. The molecule has 1 amide bonds. The fourth-order valence-corrected chi connectivity index (χ4v) is 3.38. The van der Waals surface area contributed by atoms with Crippen molar-refractivity contribution >= 4 is 15.9 Å². The second-order valence-corrected chi connectivity index (χ2v) is 7.43. The van der Waals surface area contributed by atoms with Crippen LogP contribution in [0, 0.1) is 0 Å². The van der Waals surface area contributed by atoms with Crippen LogP contribution in [0.1, 0.15) is 17.2 Å². The molecule has 0 bridgehead atoms. The number of amides is 1. The first kappa shape index (κ1) is 19.0. The summed E-state index contributed by atoms with van der Waals surface area (Å²) < 4.78 is 65.3. The molecule has 1 aliphatic rings. The Hall–Kier alpha value is -2.79. The Labute approximate surface area is 152 Å². The van der Waals surface area contributed by atoms with Crippen LogP contribution in [-0.2, 0) is 20.5 Å². The highest BCUT2D eigenvalue weighted by Crippen LogP contribution is 2.52. The van der Waals surface area contributed by atoms with Gasteiger partial charge in [0.05, 0.1) is 4.90 Å². The number of hydrogen-bond donors (Lipinski definition) is 2. The van der Waals surface area contributed by atoms with Gasteiger partial charge in [0.1, 0.15) is 6.04 Å². The summed E-state index contributed by atoms with van der Waals surface area (Å²) in [5, 5.41) is 6.07. The molecule has 0 aromatic heterocycles. The first-order valence-corrected chi connectivity index (χ1v) is 9.04. The van der Waals surface area contributed by atoms with Crippen LogP contribution in [0.25, 0.3) is 0 Å². The van der Waals surface area contributed by atoms with E-state index in [9.17, 15) is 26.4 Å². The maximum atomic E-state index is 13.0. The van der Waals surface area contributed by atoms with Gasteiger partial charge >= 0.3 is 11.8 Å². The van der Waals surface area contributed by atoms with Crippen molar-refractivity contribution in [2.75, 3.05) is 0 Å². The maximum Gasteiger partial charge on any atom is 0.442 e. The summed E-state index contributed by atoms with van der Waals surface area (Å²) in [7, 11) is -4.31. The number of nitrogens with one attached hydrogen (secondary N) is 1. The highest BCUT2D eigenvalue weighted by molar-refractivity contribution is 7.90. The minimum Gasteiger partial charge on any atom is -0.316 e. The molecule has 3 rings (SSSR count). The van der Waals surface area contributed by atoms with Gasteiger partial charge in [0.25, 0.3) is 15.9 Å². The SMILES string of the molecule is N[C@@H](C(=O)NS(=O)(=O)c1ccc(C2(C(F)(F)F)N=N2)cc1)c1ccccc1. The predicted molar refractivity (Wildman–Crippen MR) is 87.7 cm³/mol. The van der Waals surface area contributed by atoms with Crippen molar-refractivity contribution in [3.8, 4) is 0 Å². The summed E-state index contributed by atoms with van der Waals surface area (Å²) >= 11 is 0. The van der Waals surface area contributed by atoms with E-state index >= 15 is 0 Å². The Kier molecular flexibility index (Phi) is 4.52. The zero-order valence-corrected chi connectivity index (χ0v) is 14.3. The van der Waals surface area contributed by atoms with Crippen molar-refractivity contribution < 1.29 is 26.4 Å². The zero-order chi connectivity index (χ0) is 19.9. The quantitative estimate of drug-likeness (QED) is 0.805. The lowest BCUT2D eigenvalue weighted by Crippen LogP contribution is -2.38. The summed E-state index contributed by atoms with van der Waals surface area (Å²) in [6.07, 6.45) is -4.72. The minimum atomic E-state index is -4.72. The number of carbonyl (C=O) groups excluding carboxylic acids is 1. The number of rotatable bonds is 5. The predicted octanol–water partition coefficient (Wildman–Crippen LogP) is 2.37. The molecule has 142 valence electrons. The Balaban J connectivity index is 1.77. The largest absolute Gasteiger partial charge is 0.442 e. The Morgan fingerprint density at radius 2 is 1.59 bits per heavy atom. The van der Waals surface area contributed by atoms with E-state index in [1.807, 2.05) is 4.72 Å². The molecule has 0 radical (unpaired) electrons. The van der Waals surface area contributed by atoms with E-state index in [0.29, 0.717) is 5.56 Å². The van der Waals surface area contributed by atoms with Gasteiger partial charge in [0, 0.05) is 5.56 Å². The third-order valence-electron chi connectivity index (χ3n) is 3.94. The van der Waals surface area contributed by atoms with Crippen LogP contribution in [0.15, 0.2) is 69.7 Å². The van der Waals surface area contributed by atoms with Crippen LogP contribution in [0.4, 0.5) is 13.2 Å². The van der Waals surface area contributed by atoms with Gasteiger partial charge in [-0.25, -0.2) is 13.1 Å². The molecular weight excluding hydrogens is 385 g/mol. The van der Waals surface area contributed by atoms with Crippen molar-refractivity contribution in [3.05, 3.63) is 65.7 Å². The van der Waals surface area contributed by atoms with E-state index in [0.717, 1.165) is 24.3 Å². The normalized spacial score (nSPS) is 16.6. The van der Waals surface area contributed by atoms with E-state index in [1.54, 1.807) is 30.3 Å². The van der Waals surface area contributed by atoms with Gasteiger partial charge in [0.15, 0.2) is 0 Å². The van der Waals surface area contributed by atoms with Crippen LogP contribution in [0.2, 0.25) is 0 Å². The molecule has 2 aromatic rings. The maximum absolute atomic E-state index is 13.0. The molecule has 1 aliphatic heterocycles. The monoisotopic (exact) mass is 398 g/mol. The summed E-state index contributed by atoms with van der Waals surface area (Å²) in [5.41, 5.74) is 3.18. The van der Waals surface area contributed by atoms with Crippen molar-refractivity contribution in [2.45, 2.75) is 22.8 Å². The topological polar surface area (TPSA) is 114 Å². The highest BCUT2D eigenvalue weighted by atomic mass is 32.2. The van der Waals surface area contributed by atoms with Gasteiger partial charge in [-0.05, 0) is 17.7 Å². The molecule has 11 heteroatoms. The van der Waals surface area contributed by atoms with Crippen molar-refractivity contribution in [2.24, 2.45) is 16.0 Å². The molecule has 2 aromatic carbocycles. The number of halogens is 3. The van der Waals surface area contributed by atoms with Crippen molar-refractivity contribution in [1.29, 1.82) is 0 Å². The van der Waals surface area contributed by atoms with Gasteiger partial charge in [-0.3, -0.25) is 4.79 Å². The number of benzene rings is 2. The first-order valence-electron chi connectivity index (χ1n) is 7.55. The lowest BCUT2D eigenvalue weighted by Gasteiger charge is -2.16. The molecule has 27 heavy (non-hydrogen) atoms. The fourth-order valence-electron chi connectivity index (χ4n) is 2.38. The second-order valence-electron chi connectivity index (χ2n) is 5.75. The molecule has 0 unspecified atom stereocenters. The molecular formula is C16H13F3N4O3S. The molecule has 1 atom stereocenters. The van der Waals surface area contributed by atoms with Gasteiger partial charge in [-0.15, -0.1) is 10.2 Å². The zero-order valence-electron chi connectivity index (χ0n) is 13.5. The standard InChI is InChI=1S/C16H13F3N4O3S/c17-16(18,19)15(22-23-15)11-6-8-12(9-7-11)27(25,26)21-14(24)13(20)10-4-2-1-3-5-10/h1-9,13H,20H2,(H,21,24)/t13-/m1/s1. The number of carbonyl (C=O) groups is 1. The smallest absolute Gasteiger partial charge is 0.316 e. The van der Waals surface area contributed by atoms with Gasteiger partial charge in [-0.1, -0.05) is 42.5 Å². The van der Waals surface area contributed by atoms with Gasteiger partial charge in [-0.2, -0.15) is 13.2 Å². The lowest BCUT2D eigenvalue weighted by atomic mass is 10.0. The minimum absolute atomic E-state index is 0.318. The molecule has 7 nitrogen and oxygen atoms in total. The number of nitrogens with zero attached hydrogens (tertiary/aromatic N) is 2. The average molecular weight is 398 g/mol. The lowest BCUT2D eigenvalue weighted by molar-refractivity contribution is -0.166. The van der Waals surface area contributed by atoms with Crippen LogP contribution >= 0.6 is 0 Å². The molecule has 0 saturated carbocycles. The number of alkyl halides is 3. The van der Waals surface area contributed by atoms with Crippen LogP contribution in [-0.4, -0.2) is 20.5 Å². The second kappa shape index (κ2) is 6.43. The van der Waals surface area contributed by atoms with E-state index in [4.69, 9.17) is 5.73 Å². The van der Waals surface area contributed by atoms with Crippen LogP contribution in [0.5, 0.6) is 0 Å². The average Bonchev–Trinajstić information content (AvgIpc) is 3.43. The van der Waals surface area contributed by atoms with E-state index in [-0.39, 0.29) is 5.56 Å². The molecule has 0 saturated heterocycles. The Morgan fingerprint density at radius 3 is 2.07 bits per heavy atom.